The monoisotopic (exact) mass is 317 g/mol. The van der Waals surface area contributed by atoms with Gasteiger partial charge in [0.15, 0.2) is 5.82 Å². The molecular weight excluding hydrogens is 298 g/mol. The molecule has 2 amide bonds. The molecule has 1 fully saturated rings. The Morgan fingerprint density at radius 2 is 2.17 bits per heavy atom. The number of aryl methyl sites for hydroxylation is 1. The van der Waals surface area contributed by atoms with Gasteiger partial charge in [-0.3, -0.25) is 5.32 Å². The van der Waals surface area contributed by atoms with E-state index in [1.165, 1.54) is 0 Å². The van der Waals surface area contributed by atoms with Crippen molar-refractivity contribution >= 4 is 17.5 Å². The molecule has 0 radical (unpaired) electrons. The first-order valence-corrected chi connectivity index (χ1v) is 7.55. The van der Waals surface area contributed by atoms with Gasteiger partial charge >= 0.3 is 6.03 Å². The Kier molecular flexibility index (Phi) is 4.77. The first-order valence-electron chi connectivity index (χ1n) is 7.55. The van der Waals surface area contributed by atoms with Gasteiger partial charge < -0.3 is 19.3 Å². The zero-order chi connectivity index (χ0) is 16.1. The molecular formula is C16H19N3O4. The highest BCUT2D eigenvalue weighted by Gasteiger charge is 2.15. The van der Waals surface area contributed by atoms with E-state index in [0.29, 0.717) is 23.9 Å². The van der Waals surface area contributed by atoms with E-state index in [-0.39, 0.29) is 12.1 Å². The van der Waals surface area contributed by atoms with Crippen LogP contribution in [-0.4, -0.2) is 30.5 Å². The molecule has 0 bridgehead atoms. The third kappa shape index (κ3) is 4.46. The summed E-state index contributed by atoms with van der Waals surface area (Å²) in [5.41, 5.74) is 0.659. The van der Waals surface area contributed by atoms with Gasteiger partial charge in [-0.05, 0) is 44.0 Å². The molecule has 3 rings (SSSR count). The standard InChI is InChI=1S/C16H19N3O4/c1-11-9-15(19-23-11)18-16(20)17-12-4-6-13(7-5-12)22-10-14-3-2-8-21-14/h4-7,9,14H,2-3,8,10H2,1H3,(H2,17,18,19,20)/t14-/m1/s1. The highest BCUT2D eigenvalue weighted by molar-refractivity contribution is 5.99. The summed E-state index contributed by atoms with van der Waals surface area (Å²) < 4.78 is 16.1. The molecule has 0 spiro atoms. The van der Waals surface area contributed by atoms with Gasteiger partial charge in [0.2, 0.25) is 0 Å². The third-order valence-corrected chi connectivity index (χ3v) is 3.44. The van der Waals surface area contributed by atoms with Gasteiger partial charge in [-0.25, -0.2) is 4.79 Å². The van der Waals surface area contributed by atoms with Crippen LogP contribution in [0.25, 0.3) is 0 Å². The normalized spacial score (nSPS) is 17.0. The topological polar surface area (TPSA) is 85.6 Å². The summed E-state index contributed by atoms with van der Waals surface area (Å²) in [6.45, 7) is 3.13. The van der Waals surface area contributed by atoms with Crippen molar-refractivity contribution in [2.24, 2.45) is 0 Å². The number of urea groups is 1. The lowest BCUT2D eigenvalue weighted by Crippen LogP contribution is -2.19. The van der Waals surface area contributed by atoms with Gasteiger partial charge in [-0.2, -0.15) is 0 Å². The summed E-state index contributed by atoms with van der Waals surface area (Å²) in [5, 5.41) is 8.99. The van der Waals surface area contributed by atoms with E-state index in [2.05, 4.69) is 15.8 Å². The fourth-order valence-corrected chi connectivity index (χ4v) is 2.30. The number of ether oxygens (including phenoxy) is 2. The Morgan fingerprint density at radius 3 is 2.83 bits per heavy atom. The SMILES string of the molecule is Cc1cc(NC(=O)Nc2ccc(OC[C@H]3CCCO3)cc2)no1. The van der Waals surface area contributed by atoms with Crippen molar-refractivity contribution in [1.82, 2.24) is 5.16 Å². The molecule has 1 aliphatic heterocycles. The fourth-order valence-electron chi connectivity index (χ4n) is 2.30. The van der Waals surface area contributed by atoms with Crippen molar-refractivity contribution < 1.29 is 18.8 Å². The van der Waals surface area contributed by atoms with E-state index in [0.717, 1.165) is 25.2 Å². The lowest BCUT2D eigenvalue weighted by Gasteiger charge is -2.12. The molecule has 2 aromatic rings. The summed E-state index contributed by atoms with van der Waals surface area (Å²) in [5.74, 6) is 1.75. The molecule has 2 heterocycles. The third-order valence-electron chi connectivity index (χ3n) is 3.44. The van der Waals surface area contributed by atoms with Crippen LogP contribution < -0.4 is 15.4 Å². The first-order chi connectivity index (χ1) is 11.2. The molecule has 1 saturated heterocycles. The van der Waals surface area contributed by atoms with Crippen LogP contribution in [0.3, 0.4) is 0 Å². The highest BCUT2D eigenvalue weighted by Crippen LogP contribution is 2.18. The largest absolute Gasteiger partial charge is 0.491 e. The summed E-state index contributed by atoms with van der Waals surface area (Å²) in [6, 6.07) is 8.43. The molecule has 1 aromatic heterocycles. The second-order valence-electron chi connectivity index (χ2n) is 5.37. The van der Waals surface area contributed by atoms with Crippen LogP contribution in [0.15, 0.2) is 34.9 Å². The first kappa shape index (κ1) is 15.4. The smallest absolute Gasteiger partial charge is 0.324 e. The van der Waals surface area contributed by atoms with Crippen molar-refractivity contribution in [3.63, 3.8) is 0 Å². The number of nitrogens with zero attached hydrogens (tertiary/aromatic N) is 1. The zero-order valence-corrected chi connectivity index (χ0v) is 12.9. The maximum absolute atomic E-state index is 11.8. The van der Waals surface area contributed by atoms with Crippen LogP contribution in [0.1, 0.15) is 18.6 Å². The number of aromatic nitrogens is 1. The van der Waals surface area contributed by atoms with Gasteiger partial charge in [0.05, 0.1) is 6.10 Å². The van der Waals surface area contributed by atoms with Crippen molar-refractivity contribution in [3.8, 4) is 5.75 Å². The maximum atomic E-state index is 11.8. The van der Waals surface area contributed by atoms with Crippen LogP contribution in [0.5, 0.6) is 5.75 Å². The molecule has 23 heavy (non-hydrogen) atoms. The molecule has 122 valence electrons. The van der Waals surface area contributed by atoms with Gasteiger partial charge in [0.25, 0.3) is 0 Å². The van der Waals surface area contributed by atoms with Crippen LogP contribution in [-0.2, 0) is 4.74 Å². The Labute approximate surface area is 133 Å². The van der Waals surface area contributed by atoms with Crippen LogP contribution >= 0.6 is 0 Å². The number of anilines is 2. The molecule has 7 nitrogen and oxygen atoms in total. The van der Waals surface area contributed by atoms with E-state index in [1.807, 2.05) is 12.1 Å². The number of rotatable bonds is 5. The average molecular weight is 317 g/mol. The van der Waals surface area contributed by atoms with E-state index in [9.17, 15) is 4.79 Å². The lowest BCUT2D eigenvalue weighted by atomic mass is 10.2. The number of amides is 2. The molecule has 1 atom stereocenters. The highest BCUT2D eigenvalue weighted by atomic mass is 16.5. The second kappa shape index (κ2) is 7.15. The summed E-state index contributed by atoms with van der Waals surface area (Å²) in [6.07, 6.45) is 2.32. The predicted octanol–water partition coefficient (Wildman–Crippen LogP) is 3.18. The van der Waals surface area contributed by atoms with Crippen molar-refractivity contribution in [3.05, 3.63) is 36.1 Å². The molecule has 0 aliphatic carbocycles. The Bertz CT molecular complexity index is 648. The van der Waals surface area contributed by atoms with Crippen LogP contribution in [0.4, 0.5) is 16.3 Å². The summed E-state index contributed by atoms with van der Waals surface area (Å²) in [7, 11) is 0. The van der Waals surface area contributed by atoms with Gasteiger partial charge in [0.1, 0.15) is 18.1 Å². The molecule has 2 N–H and O–H groups in total. The summed E-state index contributed by atoms with van der Waals surface area (Å²) in [4.78, 5) is 11.8. The van der Waals surface area contributed by atoms with Crippen LogP contribution in [0, 0.1) is 6.92 Å². The van der Waals surface area contributed by atoms with E-state index < -0.39 is 0 Å². The van der Waals surface area contributed by atoms with E-state index in [4.69, 9.17) is 14.0 Å². The molecule has 1 aromatic carbocycles. The molecule has 7 heteroatoms. The Morgan fingerprint density at radius 1 is 1.35 bits per heavy atom. The number of carbonyl (C=O) groups is 1. The van der Waals surface area contributed by atoms with Gasteiger partial charge in [-0.1, -0.05) is 5.16 Å². The lowest BCUT2D eigenvalue weighted by molar-refractivity contribution is 0.0679. The number of benzene rings is 1. The van der Waals surface area contributed by atoms with Crippen molar-refractivity contribution in [2.45, 2.75) is 25.9 Å². The average Bonchev–Trinajstić information content (AvgIpc) is 3.18. The molecule has 1 aliphatic rings. The number of nitrogens with one attached hydrogen (secondary N) is 2. The molecule has 0 unspecified atom stereocenters. The second-order valence-corrected chi connectivity index (χ2v) is 5.37. The van der Waals surface area contributed by atoms with Gasteiger partial charge in [0, 0.05) is 18.4 Å². The van der Waals surface area contributed by atoms with Gasteiger partial charge in [-0.15, -0.1) is 0 Å². The minimum Gasteiger partial charge on any atom is -0.491 e. The van der Waals surface area contributed by atoms with E-state index in [1.54, 1.807) is 25.1 Å². The van der Waals surface area contributed by atoms with Crippen LogP contribution in [0.2, 0.25) is 0 Å². The quantitative estimate of drug-likeness (QED) is 0.884. The molecule has 0 saturated carbocycles. The number of carbonyl (C=O) groups excluding carboxylic acids is 1. The number of hydrogen-bond donors (Lipinski definition) is 2. The Hall–Kier alpha value is -2.54. The fraction of sp³-hybridized carbons (Fsp3) is 0.375. The minimum atomic E-state index is -0.383. The maximum Gasteiger partial charge on any atom is 0.324 e. The number of hydrogen-bond acceptors (Lipinski definition) is 5. The predicted molar refractivity (Wildman–Crippen MR) is 84.8 cm³/mol. The van der Waals surface area contributed by atoms with Crippen molar-refractivity contribution in [1.29, 1.82) is 0 Å². The zero-order valence-electron chi connectivity index (χ0n) is 12.9. The van der Waals surface area contributed by atoms with Crippen molar-refractivity contribution in [2.75, 3.05) is 23.8 Å². The minimum absolute atomic E-state index is 0.185. The Balaban J connectivity index is 1.47. The van der Waals surface area contributed by atoms with E-state index >= 15 is 0 Å². The summed E-state index contributed by atoms with van der Waals surface area (Å²) >= 11 is 0.